The van der Waals surface area contributed by atoms with E-state index >= 15 is 0 Å². The molecule has 2 aliphatic rings. The van der Waals surface area contributed by atoms with Crippen molar-refractivity contribution in [2.75, 3.05) is 0 Å². The lowest BCUT2D eigenvalue weighted by Gasteiger charge is -2.25. The number of nitrogens with zero attached hydrogens (tertiary/aromatic N) is 2. The van der Waals surface area contributed by atoms with E-state index in [1.54, 1.807) is 0 Å². The fraction of sp³-hybridized carbons (Fsp3) is 0.0847. The molecule has 1 aromatic heterocycles. The van der Waals surface area contributed by atoms with E-state index in [4.69, 9.17) is 9.97 Å². The van der Waals surface area contributed by atoms with E-state index in [0.29, 0.717) is 0 Å². The van der Waals surface area contributed by atoms with Crippen LogP contribution in [0.3, 0.4) is 0 Å². The normalized spacial score (nSPS) is 15.3. The zero-order chi connectivity index (χ0) is 40.7. The Balaban J connectivity index is 1.09. The SMILES string of the molecule is Cc1ccccc1-c1ccccc1CC1=CC(c2c(-c3ccccc3)nc(-c3ccccc3)nc2-c2cccc(C3c4ccccc4-c4c3ccc3ccccc43)c2)CC=C1. The molecule has 290 valence electrons. The quantitative estimate of drug-likeness (QED) is 0.153. The average Bonchev–Trinajstić information content (AvgIpc) is 3.67. The topological polar surface area (TPSA) is 25.8 Å². The van der Waals surface area contributed by atoms with Gasteiger partial charge in [-0.3, -0.25) is 0 Å². The van der Waals surface area contributed by atoms with Crippen LogP contribution >= 0.6 is 0 Å². The Kier molecular flexibility index (Phi) is 9.39. The molecule has 2 atom stereocenters. The van der Waals surface area contributed by atoms with Crippen molar-refractivity contribution in [3.05, 3.63) is 251 Å². The second-order valence-corrected chi connectivity index (χ2v) is 16.4. The van der Waals surface area contributed by atoms with Crippen LogP contribution < -0.4 is 0 Å². The van der Waals surface area contributed by atoms with Gasteiger partial charge in [0.15, 0.2) is 5.82 Å². The lowest BCUT2D eigenvalue weighted by atomic mass is 9.82. The molecule has 2 heteroatoms. The number of hydrogen-bond acceptors (Lipinski definition) is 2. The molecule has 11 rings (SSSR count). The van der Waals surface area contributed by atoms with Crippen molar-refractivity contribution in [3.8, 4) is 56.2 Å². The number of rotatable bonds is 8. The van der Waals surface area contributed by atoms with Crippen LogP contribution in [0.2, 0.25) is 0 Å². The summed E-state index contributed by atoms with van der Waals surface area (Å²) in [5.74, 6) is 0.888. The van der Waals surface area contributed by atoms with Crippen molar-refractivity contribution in [3.63, 3.8) is 0 Å². The molecule has 0 N–H and O–H groups in total. The highest BCUT2D eigenvalue weighted by Crippen LogP contribution is 2.51. The van der Waals surface area contributed by atoms with Crippen molar-refractivity contribution in [1.29, 1.82) is 0 Å². The fourth-order valence-corrected chi connectivity index (χ4v) is 9.87. The zero-order valence-corrected chi connectivity index (χ0v) is 34.2. The van der Waals surface area contributed by atoms with Gasteiger partial charge in [0.2, 0.25) is 0 Å². The van der Waals surface area contributed by atoms with Crippen LogP contribution in [0.15, 0.2) is 218 Å². The van der Waals surface area contributed by atoms with E-state index in [-0.39, 0.29) is 11.8 Å². The van der Waals surface area contributed by atoms with Crippen LogP contribution in [0.4, 0.5) is 0 Å². The molecule has 0 bridgehead atoms. The highest BCUT2D eigenvalue weighted by Gasteiger charge is 2.32. The largest absolute Gasteiger partial charge is 0.228 e. The third kappa shape index (κ3) is 6.71. The first-order valence-corrected chi connectivity index (χ1v) is 21.4. The number of aryl methyl sites for hydroxylation is 1. The Hall–Kier alpha value is -7.42. The lowest BCUT2D eigenvalue weighted by Crippen LogP contribution is -2.10. The first-order chi connectivity index (χ1) is 30.2. The summed E-state index contributed by atoms with van der Waals surface area (Å²) in [5, 5.41) is 2.57. The van der Waals surface area contributed by atoms with Crippen LogP contribution in [0.1, 0.15) is 51.6 Å². The summed E-state index contributed by atoms with van der Waals surface area (Å²) in [6, 6.07) is 70.3. The molecule has 2 nitrogen and oxygen atoms in total. The number of allylic oxidation sites excluding steroid dienone is 4. The lowest BCUT2D eigenvalue weighted by molar-refractivity contribution is 0.828. The first kappa shape index (κ1) is 36.6. The summed E-state index contributed by atoms with van der Waals surface area (Å²) in [4.78, 5) is 11.1. The number of hydrogen-bond donors (Lipinski definition) is 0. The van der Waals surface area contributed by atoms with E-state index in [2.05, 4.69) is 219 Å². The Bertz CT molecular complexity index is 3160. The van der Waals surface area contributed by atoms with Gasteiger partial charge in [-0.1, -0.05) is 206 Å². The molecule has 9 aromatic rings. The van der Waals surface area contributed by atoms with Gasteiger partial charge >= 0.3 is 0 Å². The monoisotopic (exact) mass is 780 g/mol. The third-order valence-electron chi connectivity index (χ3n) is 12.7. The number of benzene rings is 8. The molecular weight excluding hydrogens is 737 g/mol. The van der Waals surface area contributed by atoms with Gasteiger partial charge in [0.05, 0.1) is 11.4 Å². The highest BCUT2D eigenvalue weighted by atomic mass is 14.9. The highest BCUT2D eigenvalue weighted by molar-refractivity contribution is 6.02. The maximum atomic E-state index is 5.58. The van der Waals surface area contributed by atoms with Gasteiger partial charge in [-0.25, -0.2) is 9.97 Å². The van der Waals surface area contributed by atoms with E-state index in [1.807, 2.05) is 0 Å². The second-order valence-electron chi connectivity index (χ2n) is 16.4. The average molecular weight is 781 g/mol. The molecule has 0 fully saturated rings. The molecular formula is C59H44N2. The Morgan fingerprint density at radius 1 is 0.525 bits per heavy atom. The molecule has 2 aliphatic carbocycles. The molecule has 61 heavy (non-hydrogen) atoms. The van der Waals surface area contributed by atoms with E-state index in [9.17, 15) is 0 Å². The minimum absolute atomic E-state index is 0.0589. The maximum absolute atomic E-state index is 5.58. The van der Waals surface area contributed by atoms with Crippen LogP contribution in [0.5, 0.6) is 0 Å². The van der Waals surface area contributed by atoms with Crippen molar-refractivity contribution in [2.45, 2.75) is 31.6 Å². The van der Waals surface area contributed by atoms with E-state index in [0.717, 1.165) is 52.3 Å². The predicted molar refractivity (Wildman–Crippen MR) is 254 cm³/mol. The molecule has 0 saturated heterocycles. The fourth-order valence-electron chi connectivity index (χ4n) is 9.87. The van der Waals surface area contributed by atoms with Crippen molar-refractivity contribution in [1.82, 2.24) is 9.97 Å². The molecule has 1 heterocycles. The van der Waals surface area contributed by atoms with Crippen LogP contribution in [0, 0.1) is 6.92 Å². The Morgan fingerprint density at radius 2 is 1.18 bits per heavy atom. The summed E-state index contributed by atoms with van der Waals surface area (Å²) in [7, 11) is 0. The molecule has 0 spiro atoms. The Labute approximate surface area is 358 Å². The standard InChI is InChI=1S/C59H44N2/c1-39-18-8-11-29-48(39)49-30-12-10-25-44(49)36-40-19-16-26-45(37-40)55-57(42-21-4-2-5-22-42)60-59(43-23-6-3-7-24-43)61-58(55)47-28-17-27-46(38-47)54-51-32-14-15-33-52(51)56-50-31-13-9-20-41(50)34-35-53(54)56/h2-25,27-35,37-38,45,54H,26,36H2,1H3. The first-order valence-electron chi connectivity index (χ1n) is 21.4. The third-order valence-corrected chi connectivity index (χ3v) is 12.7. The summed E-state index contributed by atoms with van der Waals surface area (Å²) in [6.07, 6.45) is 8.86. The van der Waals surface area contributed by atoms with E-state index in [1.165, 1.54) is 66.4 Å². The molecule has 0 amide bonds. The summed E-state index contributed by atoms with van der Waals surface area (Å²) in [5.41, 5.74) is 19.4. The zero-order valence-electron chi connectivity index (χ0n) is 34.2. The van der Waals surface area contributed by atoms with E-state index < -0.39 is 0 Å². The predicted octanol–water partition coefficient (Wildman–Crippen LogP) is 15.0. The molecule has 0 aliphatic heterocycles. The Morgan fingerprint density at radius 3 is 2.00 bits per heavy atom. The van der Waals surface area contributed by atoms with Gasteiger partial charge in [-0.2, -0.15) is 0 Å². The van der Waals surface area contributed by atoms with Crippen LogP contribution in [-0.2, 0) is 6.42 Å². The maximum Gasteiger partial charge on any atom is 0.160 e. The smallest absolute Gasteiger partial charge is 0.160 e. The van der Waals surface area contributed by atoms with Gasteiger partial charge in [0, 0.05) is 34.1 Å². The number of fused-ring (bicyclic) bond motifs is 5. The van der Waals surface area contributed by atoms with Gasteiger partial charge in [0.25, 0.3) is 0 Å². The van der Waals surface area contributed by atoms with Crippen molar-refractivity contribution < 1.29 is 0 Å². The minimum atomic E-state index is 0.0589. The summed E-state index contributed by atoms with van der Waals surface area (Å²) < 4.78 is 0. The minimum Gasteiger partial charge on any atom is -0.228 e. The summed E-state index contributed by atoms with van der Waals surface area (Å²) in [6.45, 7) is 2.20. The van der Waals surface area contributed by atoms with Gasteiger partial charge in [-0.05, 0) is 92.2 Å². The van der Waals surface area contributed by atoms with Gasteiger partial charge in [0.1, 0.15) is 0 Å². The van der Waals surface area contributed by atoms with Crippen molar-refractivity contribution in [2.24, 2.45) is 0 Å². The van der Waals surface area contributed by atoms with Gasteiger partial charge in [-0.15, -0.1) is 0 Å². The van der Waals surface area contributed by atoms with Crippen molar-refractivity contribution >= 4 is 10.8 Å². The van der Waals surface area contributed by atoms with Crippen LogP contribution in [0.25, 0.3) is 66.9 Å². The van der Waals surface area contributed by atoms with Crippen LogP contribution in [-0.4, -0.2) is 9.97 Å². The second kappa shape index (κ2) is 15.6. The number of aromatic nitrogens is 2. The molecule has 0 radical (unpaired) electrons. The molecule has 2 unspecified atom stereocenters. The molecule has 8 aromatic carbocycles. The molecule has 0 saturated carbocycles. The van der Waals surface area contributed by atoms with Gasteiger partial charge < -0.3 is 0 Å². The summed E-state index contributed by atoms with van der Waals surface area (Å²) >= 11 is 0.